The molecule has 17 heavy (non-hydrogen) atoms. The number of hydrogen-bond acceptors (Lipinski definition) is 2. The van der Waals surface area contributed by atoms with Gasteiger partial charge in [-0.05, 0) is 51.2 Å². The minimum absolute atomic E-state index is 0.304. The molecule has 1 fully saturated rings. The maximum atomic E-state index is 13.3. The molecule has 0 aromatic heterocycles. The van der Waals surface area contributed by atoms with Crippen molar-refractivity contribution < 1.29 is 8.78 Å². The third-order valence-corrected chi connectivity index (χ3v) is 3.62. The van der Waals surface area contributed by atoms with Crippen LogP contribution in [-0.4, -0.2) is 32.1 Å². The van der Waals surface area contributed by atoms with E-state index in [0.717, 1.165) is 32.0 Å². The molecule has 94 valence electrons. The lowest BCUT2D eigenvalue weighted by atomic mass is 9.82. The number of rotatable bonds is 2. The Morgan fingerprint density at radius 3 is 2.29 bits per heavy atom. The highest BCUT2D eigenvalue weighted by atomic mass is 19.1. The van der Waals surface area contributed by atoms with Gasteiger partial charge in [0.05, 0.1) is 5.54 Å². The van der Waals surface area contributed by atoms with Crippen LogP contribution in [0.5, 0.6) is 0 Å². The van der Waals surface area contributed by atoms with E-state index >= 15 is 0 Å². The van der Waals surface area contributed by atoms with Crippen LogP contribution in [0.1, 0.15) is 18.4 Å². The molecule has 1 aromatic rings. The highest BCUT2D eigenvalue weighted by molar-refractivity contribution is 5.27. The van der Waals surface area contributed by atoms with Crippen molar-refractivity contribution in [1.29, 1.82) is 0 Å². The van der Waals surface area contributed by atoms with Crippen LogP contribution < -0.4 is 5.32 Å². The molecule has 1 heterocycles. The number of nitrogens with one attached hydrogen (secondary N) is 1. The molecule has 1 unspecified atom stereocenters. The van der Waals surface area contributed by atoms with E-state index in [9.17, 15) is 8.78 Å². The first-order valence-electron chi connectivity index (χ1n) is 5.89. The Hall–Kier alpha value is -1.00. The molecule has 0 aliphatic carbocycles. The van der Waals surface area contributed by atoms with Gasteiger partial charge in [-0.3, -0.25) is 4.90 Å². The van der Waals surface area contributed by atoms with Crippen molar-refractivity contribution in [2.75, 3.05) is 27.2 Å². The zero-order valence-electron chi connectivity index (χ0n) is 10.3. The summed E-state index contributed by atoms with van der Waals surface area (Å²) in [4.78, 5) is 2.05. The fourth-order valence-electron chi connectivity index (χ4n) is 2.60. The Bertz CT molecular complexity index is 378. The van der Waals surface area contributed by atoms with E-state index in [0.29, 0.717) is 5.56 Å². The normalized spacial score (nSPS) is 25.2. The summed E-state index contributed by atoms with van der Waals surface area (Å²) in [5, 5.41) is 3.31. The molecular weight excluding hydrogens is 222 g/mol. The molecule has 0 spiro atoms. The van der Waals surface area contributed by atoms with Gasteiger partial charge in [-0.25, -0.2) is 8.78 Å². The zero-order chi connectivity index (χ0) is 12.5. The summed E-state index contributed by atoms with van der Waals surface area (Å²) in [6.45, 7) is 1.69. The van der Waals surface area contributed by atoms with Gasteiger partial charge < -0.3 is 5.32 Å². The Balaban J connectivity index is 2.44. The second-order valence-electron chi connectivity index (χ2n) is 4.86. The maximum absolute atomic E-state index is 13.3. The first kappa shape index (κ1) is 12.5. The number of benzene rings is 1. The molecule has 0 amide bonds. The van der Waals surface area contributed by atoms with Crippen LogP contribution in [0.25, 0.3) is 0 Å². The second kappa shape index (κ2) is 4.70. The molecule has 1 saturated heterocycles. The van der Waals surface area contributed by atoms with E-state index in [1.165, 1.54) is 12.1 Å². The van der Waals surface area contributed by atoms with Crippen molar-refractivity contribution >= 4 is 0 Å². The van der Waals surface area contributed by atoms with Crippen molar-refractivity contribution in [3.8, 4) is 0 Å². The van der Waals surface area contributed by atoms with Crippen molar-refractivity contribution in [3.05, 3.63) is 35.4 Å². The predicted octanol–water partition coefficient (Wildman–Crippen LogP) is 2.11. The molecule has 2 nitrogen and oxygen atoms in total. The molecular formula is C13H18F2N2. The van der Waals surface area contributed by atoms with Crippen LogP contribution in [-0.2, 0) is 5.54 Å². The van der Waals surface area contributed by atoms with E-state index in [1.807, 2.05) is 19.0 Å². The van der Waals surface area contributed by atoms with Gasteiger partial charge in [-0.15, -0.1) is 0 Å². The predicted molar refractivity (Wildman–Crippen MR) is 63.8 cm³/mol. The lowest BCUT2D eigenvalue weighted by molar-refractivity contribution is 0.112. The quantitative estimate of drug-likeness (QED) is 0.851. The van der Waals surface area contributed by atoms with E-state index in [1.54, 1.807) is 0 Å². The number of nitrogens with zero attached hydrogens (tertiary/aromatic N) is 1. The smallest absolute Gasteiger partial charge is 0.126 e. The van der Waals surface area contributed by atoms with Gasteiger partial charge >= 0.3 is 0 Å². The van der Waals surface area contributed by atoms with Gasteiger partial charge in [0, 0.05) is 12.6 Å². The van der Waals surface area contributed by atoms with Gasteiger partial charge in [-0.2, -0.15) is 0 Å². The van der Waals surface area contributed by atoms with Gasteiger partial charge in [-0.1, -0.05) is 0 Å². The fourth-order valence-corrected chi connectivity index (χ4v) is 2.60. The monoisotopic (exact) mass is 240 g/mol. The second-order valence-corrected chi connectivity index (χ2v) is 4.86. The minimum Gasteiger partial charge on any atom is -0.315 e. The molecule has 1 atom stereocenters. The largest absolute Gasteiger partial charge is 0.315 e. The molecule has 1 N–H and O–H groups in total. The van der Waals surface area contributed by atoms with Gasteiger partial charge in [0.2, 0.25) is 0 Å². The average molecular weight is 240 g/mol. The van der Waals surface area contributed by atoms with Gasteiger partial charge in [0.15, 0.2) is 0 Å². The van der Waals surface area contributed by atoms with E-state index < -0.39 is 11.6 Å². The van der Waals surface area contributed by atoms with Gasteiger partial charge in [0.25, 0.3) is 0 Å². The highest BCUT2D eigenvalue weighted by Gasteiger charge is 2.36. The van der Waals surface area contributed by atoms with Crippen LogP contribution in [0.2, 0.25) is 0 Å². The van der Waals surface area contributed by atoms with Crippen LogP contribution in [0.3, 0.4) is 0 Å². The first-order valence-corrected chi connectivity index (χ1v) is 5.89. The first-order chi connectivity index (χ1) is 8.04. The van der Waals surface area contributed by atoms with Crippen LogP contribution in [0.4, 0.5) is 8.78 Å². The van der Waals surface area contributed by atoms with E-state index in [-0.39, 0.29) is 5.54 Å². The molecule has 1 aromatic carbocycles. The number of hydrogen-bond donors (Lipinski definition) is 1. The summed E-state index contributed by atoms with van der Waals surface area (Å²) < 4.78 is 26.7. The average Bonchev–Trinajstić information content (AvgIpc) is 2.28. The van der Waals surface area contributed by atoms with Crippen LogP contribution in [0, 0.1) is 11.6 Å². The van der Waals surface area contributed by atoms with Crippen LogP contribution >= 0.6 is 0 Å². The van der Waals surface area contributed by atoms with E-state index in [2.05, 4.69) is 5.32 Å². The Labute approximate surface area is 101 Å². The summed E-state index contributed by atoms with van der Waals surface area (Å²) in [7, 11) is 3.91. The van der Waals surface area contributed by atoms with Crippen molar-refractivity contribution in [1.82, 2.24) is 10.2 Å². The lowest BCUT2D eigenvalue weighted by Gasteiger charge is -2.43. The molecule has 1 aliphatic rings. The fraction of sp³-hybridized carbons (Fsp3) is 0.538. The van der Waals surface area contributed by atoms with Crippen LogP contribution in [0.15, 0.2) is 18.2 Å². The number of likely N-dealkylation sites (N-methyl/N-ethyl adjacent to an activating group) is 1. The third kappa shape index (κ3) is 2.33. The summed E-state index contributed by atoms with van der Waals surface area (Å²) >= 11 is 0. The van der Waals surface area contributed by atoms with Crippen molar-refractivity contribution in [2.24, 2.45) is 0 Å². The van der Waals surface area contributed by atoms with E-state index in [4.69, 9.17) is 0 Å². The topological polar surface area (TPSA) is 15.3 Å². The lowest BCUT2D eigenvalue weighted by Crippen LogP contribution is -2.52. The third-order valence-electron chi connectivity index (χ3n) is 3.62. The van der Waals surface area contributed by atoms with Crippen molar-refractivity contribution in [2.45, 2.75) is 18.4 Å². The molecule has 0 bridgehead atoms. The molecule has 4 heteroatoms. The Kier molecular flexibility index (Phi) is 3.45. The summed E-state index contributed by atoms with van der Waals surface area (Å²) in [5.41, 5.74) is 0.411. The molecule has 1 aliphatic heterocycles. The Morgan fingerprint density at radius 1 is 1.18 bits per heavy atom. The molecule has 0 radical (unpaired) electrons. The molecule has 0 saturated carbocycles. The maximum Gasteiger partial charge on any atom is 0.126 e. The summed E-state index contributed by atoms with van der Waals surface area (Å²) in [6.07, 6.45) is 1.92. The number of halogens is 2. The minimum atomic E-state index is -0.508. The Morgan fingerprint density at radius 2 is 1.82 bits per heavy atom. The molecule has 2 rings (SSSR count). The van der Waals surface area contributed by atoms with Crippen molar-refractivity contribution in [3.63, 3.8) is 0 Å². The van der Waals surface area contributed by atoms with Gasteiger partial charge in [0.1, 0.15) is 11.6 Å². The summed E-state index contributed by atoms with van der Waals surface area (Å²) in [5.74, 6) is -1.02. The zero-order valence-corrected chi connectivity index (χ0v) is 10.3. The highest BCUT2D eigenvalue weighted by Crippen LogP contribution is 2.33. The number of piperidine rings is 1. The SMILES string of the molecule is CN(C)C1(c2cc(F)cc(F)c2)CCCNC1. The summed E-state index contributed by atoms with van der Waals surface area (Å²) in [6, 6.07) is 3.80. The standard InChI is InChI=1S/C13H18F2N2/c1-17(2)13(4-3-5-16-9-13)10-6-11(14)8-12(15)7-10/h6-8,16H,3-5,9H2,1-2H3.